The third kappa shape index (κ3) is 4.29. The lowest BCUT2D eigenvalue weighted by atomic mass is 9.96. The van der Waals surface area contributed by atoms with Crippen molar-refractivity contribution >= 4 is 6.03 Å². The molecule has 100 valence electrons. The van der Waals surface area contributed by atoms with E-state index < -0.39 is 0 Å². The predicted octanol–water partition coefficient (Wildman–Crippen LogP) is 2.69. The molecule has 0 heterocycles. The van der Waals surface area contributed by atoms with Gasteiger partial charge in [0.1, 0.15) is 0 Å². The molecule has 0 spiro atoms. The highest BCUT2D eigenvalue weighted by Gasteiger charge is 2.15. The first kappa shape index (κ1) is 13.4. The molecule has 0 saturated heterocycles. The van der Waals surface area contributed by atoms with E-state index in [4.69, 9.17) is 5.26 Å². The van der Waals surface area contributed by atoms with Crippen molar-refractivity contribution in [3.8, 4) is 6.07 Å². The highest BCUT2D eigenvalue weighted by atomic mass is 16.2. The summed E-state index contributed by atoms with van der Waals surface area (Å²) in [6.45, 7) is 0.490. The Bertz CT molecular complexity index is 455. The van der Waals surface area contributed by atoms with Gasteiger partial charge in [0.2, 0.25) is 0 Å². The van der Waals surface area contributed by atoms with Crippen LogP contribution in [0.25, 0.3) is 0 Å². The van der Waals surface area contributed by atoms with Crippen LogP contribution < -0.4 is 10.6 Å². The van der Waals surface area contributed by atoms with Crippen LogP contribution in [-0.2, 0) is 6.54 Å². The molecule has 1 aliphatic carbocycles. The quantitative estimate of drug-likeness (QED) is 0.874. The second kappa shape index (κ2) is 6.79. The SMILES string of the molecule is N#Cc1ccc(CNC(=O)NC2CCCCC2)cc1. The highest BCUT2D eigenvalue weighted by molar-refractivity contribution is 5.74. The van der Waals surface area contributed by atoms with Crippen LogP contribution in [0, 0.1) is 11.3 Å². The van der Waals surface area contributed by atoms with Gasteiger partial charge in [-0.15, -0.1) is 0 Å². The van der Waals surface area contributed by atoms with Crippen molar-refractivity contribution in [2.45, 2.75) is 44.7 Å². The maximum Gasteiger partial charge on any atom is 0.315 e. The van der Waals surface area contributed by atoms with Gasteiger partial charge in [-0.1, -0.05) is 31.4 Å². The molecule has 0 bridgehead atoms. The number of carbonyl (C=O) groups excluding carboxylic acids is 1. The van der Waals surface area contributed by atoms with Gasteiger partial charge < -0.3 is 10.6 Å². The van der Waals surface area contributed by atoms with Crippen LogP contribution in [0.15, 0.2) is 24.3 Å². The summed E-state index contributed by atoms with van der Waals surface area (Å²) < 4.78 is 0. The molecule has 0 radical (unpaired) electrons. The number of carbonyl (C=O) groups is 1. The van der Waals surface area contributed by atoms with Crippen LogP contribution in [0.4, 0.5) is 4.79 Å². The van der Waals surface area contributed by atoms with Crippen molar-refractivity contribution in [2.75, 3.05) is 0 Å². The number of nitriles is 1. The molecule has 2 amide bonds. The molecule has 2 N–H and O–H groups in total. The fraction of sp³-hybridized carbons (Fsp3) is 0.467. The maximum absolute atomic E-state index is 11.7. The van der Waals surface area contributed by atoms with E-state index in [1.54, 1.807) is 12.1 Å². The summed E-state index contributed by atoms with van der Waals surface area (Å²) in [4.78, 5) is 11.7. The molecule has 0 aromatic heterocycles. The lowest BCUT2D eigenvalue weighted by Crippen LogP contribution is -2.42. The van der Waals surface area contributed by atoms with Gasteiger partial charge in [0.15, 0.2) is 0 Å². The number of hydrogen-bond acceptors (Lipinski definition) is 2. The molecule has 19 heavy (non-hydrogen) atoms. The second-order valence-corrected chi connectivity index (χ2v) is 4.97. The Morgan fingerprint density at radius 1 is 1.21 bits per heavy atom. The summed E-state index contributed by atoms with van der Waals surface area (Å²) in [5.41, 5.74) is 1.63. The predicted molar refractivity (Wildman–Crippen MR) is 73.4 cm³/mol. The van der Waals surface area contributed by atoms with Crippen LogP contribution >= 0.6 is 0 Å². The van der Waals surface area contributed by atoms with Crippen molar-refractivity contribution in [1.82, 2.24) is 10.6 Å². The smallest absolute Gasteiger partial charge is 0.315 e. The Morgan fingerprint density at radius 2 is 1.89 bits per heavy atom. The van der Waals surface area contributed by atoms with Crippen LogP contribution in [-0.4, -0.2) is 12.1 Å². The lowest BCUT2D eigenvalue weighted by molar-refractivity contribution is 0.232. The Kier molecular flexibility index (Phi) is 4.79. The van der Waals surface area contributed by atoms with E-state index in [0.29, 0.717) is 18.2 Å². The van der Waals surface area contributed by atoms with Crippen molar-refractivity contribution in [1.29, 1.82) is 5.26 Å². The largest absolute Gasteiger partial charge is 0.335 e. The topological polar surface area (TPSA) is 64.9 Å². The summed E-state index contributed by atoms with van der Waals surface area (Å²) >= 11 is 0. The fourth-order valence-corrected chi connectivity index (χ4v) is 2.36. The zero-order valence-electron chi connectivity index (χ0n) is 11.0. The zero-order chi connectivity index (χ0) is 13.5. The number of nitrogens with one attached hydrogen (secondary N) is 2. The molecule has 2 rings (SSSR count). The standard InChI is InChI=1S/C15H19N3O/c16-10-12-6-8-13(9-7-12)11-17-15(19)18-14-4-2-1-3-5-14/h6-9,14H,1-5,11H2,(H2,17,18,19). The summed E-state index contributed by atoms with van der Waals surface area (Å²) in [6.07, 6.45) is 5.88. The van der Waals surface area contributed by atoms with Crippen molar-refractivity contribution in [3.05, 3.63) is 35.4 Å². The first-order chi connectivity index (χ1) is 9.28. The Hall–Kier alpha value is -2.02. The summed E-state index contributed by atoms with van der Waals surface area (Å²) in [7, 11) is 0. The van der Waals surface area contributed by atoms with Crippen LogP contribution in [0.2, 0.25) is 0 Å². The van der Waals surface area contributed by atoms with Gasteiger partial charge in [0, 0.05) is 12.6 Å². The number of nitrogens with zero attached hydrogens (tertiary/aromatic N) is 1. The molecule has 1 fully saturated rings. The molecule has 1 saturated carbocycles. The number of hydrogen-bond donors (Lipinski definition) is 2. The minimum Gasteiger partial charge on any atom is -0.335 e. The normalized spacial score (nSPS) is 15.5. The molecular formula is C15H19N3O. The minimum atomic E-state index is -0.101. The zero-order valence-corrected chi connectivity index (χ0v) is 11.0. The molecule has 4 heteroatoms. The van der Waals surface area contributed by atoms with Crippen LogP contribution in [0.5, 0.6) is 0 Å². The van der Waals surface area contributed by atoms with Gasteiger partial charge in [-0.25, -0.2) is 4.79 Å². The van der Waals surface area contributed by atoms with Gasteiger partial charge >= 0.3 is 6.03 Å². The van der Waals surface area contributed by atoms with Crippen LogP contribution in [0.1, 0.15) is 43.2 Å². The molecule has 0 atom stereocenters. The number of rotatable bonds is 3. The second-order valence-electron chi connectivity index (χ2n) is 4.97. The third-order valence-electron chi connectivity index (χ3n) is 3.48. The van der Waals surface area contributed by atoms with E-state index in [0.717, 1.165) is 18.4 Å². The average molecular weight is 257 g/mol. The minimum absolute atomic E-state index is 0.101. The van der Waals surface area contributed by atoms with Crippen molar-refractivity contribution in [2.24, 2.45) is 0 Å². The monoisotopic (exact) mass is 257 g/mol. The molecule has 1 aromatic rings. The van der Waals surface area contributed by atoms with Gasteiger partial charge in [0.05, 0.1) is 11.6 Å². The van der Waals surface area contributed by atoms with Crippen molar-refractivity contribution < 1.29 is 4.79 Å². The molecule has 1 aliphatic rings. The average Bonchev–Trinajstić information content (AvgIpc) is 2.47. The fourth-order valence-electron chi connectivity index (χ4n) is 2.36. The van der Waals surface area contributed by atoms with E-state index in [9.17, 15) is 4.79 Å². The molecular weight excluding hydrogens is 238 g/mol. The van der Waals surface area contributed by atoms with Gasteiger partial charge in [0.25, 0.3) is 0 Å². The van der Waals surface area contributed by atoms with E-state index in [2.05, 4.69) is 16.7 Å². The molecule has 1 aromatic carbocycles. The maximum atomic E-state index is 11.7. The lowest BCUT2D eigenvalue weighted by Gasteiger charge is -2.22. The van der Waals surface area contributed by atoms with E-state index >= 15 is 0 Å². The van der Waals surface area contributed by atoms with Crippen molar-refractivity contribution in [3.63, 3.8) is 0 Å². The molecule has 4 nitrogen and oxygen atoms in total. The van der Waals surface area contributed by atoms with Crippen LogP contribution in [0.3, 0.4) is 0 Å². The van der Waals surface area contributed by atoms with Gasteiger partial charge in [-0.05, 0) is 30.5 Å². The van der Waals surface area contributed by atoms with E-state index in [1.165, 1.54) is 19.3 Å². The Balaban J connectivity index is 1.74. The Morgan fingerprint density at radius 3 is 2.53 bits per heavy atom. The number of urea groups is 1. The van der Waals surface area contributed by atoms with E-state index in [1.807, 2.05) is 12.1 Å². The summed E-state index contributed by atoms with van der Waals surface area (Å²) in [6, 6.07) is 9.54. The number of benzene rings is 1. The summed E-state index contributed by atoms with van der Waals surface area (Å²) in [5, 5.41) is 14.6. The Labute approximate surface area is 113 Å². The number of amides is 2. The third-order valence-corrected chi connectivity index (χ3v) is 3.48. The molecule has 0 unspecified atom stereocenters. The first-order valence-corrected chi connectivity index (χ1v) is 6.81. The van der Waals surface area contributed by atoms with E-state index in [-0.39, 0.29) is 6.03 Å². The molecule has 0 aliphatic heterocycles. The van der Waals surface area contributed by atoms with Gasteiger partial charge in [-0.2, -0.15) is 5.26 Å². The first-order valence-electron chi connectivity index (χ1n) is 6.81. The highest BCUT2D eigenvalue weighted by Crippen LogP contribution is 2.17. The van der Waals surface area contributed by atoms with Gasteiger partial charge in [-0.3, -0.25) is 0 Å². The summed E-state index contributed by atoms with van der Waals surface area (Å²) in [5.74, 6) is 0.